The van der Waals surface area contributed by atoms with Crippen molar-refractivity contribution in [1.82, 2.24) is 9.55 Å². The molecule has 2 aromatic rings. The van der Waals surface area contributed by atoms with Crippen LogP contribution >= 0.6 is 0 Å². The van der Waals surface area contributed by atoms with Crippen LogP contribution in [-0.4, -0.2) is 9.55 Å². The van der Waals surface area contributed by atoms with Gasteiger partial charge in [0.05, 0.1) is 0 Å². The SMILES string of the molecule is Cn1ccnc1-c1ccccc1C(C)(C)C. The van der Waals surface area contributed by atoms with Gasteiger partial charge in [-0.1, -0.05) is 45.0 Å². The van der Waals surface area contributed by atoms with Gasteiger partial charge in [-0.05, 0) is 11.0 Å². The van der Waals surface area contributed by atoms with E-state index >= 15 is 0 Å². The zero-order chi connectivity index (χ0) is 11.8. The van der Waals surface area contributed by atoms with E-state index in [1.54, 1.807) is 0 Å². The van der Waals surface area contributed by atoms with Crippen molar-refractivity contribution in [2.45, 2.75) is 26.2 Å². The molecule has 0 amide bonds. The van der Waals surface area contributed by atoms with Crippen LogP contribution in [-0.2, 0) is 12.5 Å². The number of rotatable bonds is 1. The number of hydrogen-bond acceptors (Lipinski definition) is 1. The van der Waals surface area contributed by atoms with Gasteiger partial charge in [-0.15, -0.1) is 0 Å². The third kappa shape index (κ3) is 1.87. The number of aryl methyl sites for hydroxylation is 1. The van der Waals surface area contributed by atoms with Gasteiger partial charge in [-0.2, -0.15) is 0 Å². The van der Waals surface area contributed by atoms with Crippen LogP contribution in [0.15, 0.2) is 36.7 Å². The summed E-state index contributed by atoms with van der Waals surface area (Å²) in [7, 11) is 2.03. The molecule has 0 radical (unpaired) electrons. The summed E-state index contributed by atoms with van der Waals surface area (Å²) in [5.74, 6) is 1.03. The maximum atomic E-state index is 4.42. The van der Waals surface area contributed by atoms with E-state index in [1.807, 2.05) is 19.4 Å². The lowest BCUT2D eigenvalue weighted by atomic mass is 9.83. The Labute approximate surface area is 97.0 Å². The highest BCUT2D eigenvalue weighted by Crippen LogP contribution is 2.31. The summed E-state index contributed by atoms with van der Waals surface area (Å²) in [6.07, 6.45) is 3.82. The Morgan fingerprint density at radius 3 is 2.38 bits per heavy atom. The molecule has 0 aliphatic heterocycles. The standard InChI is InChI=1S/C14H18N2/c1-14(2,3)12-8-6-5-7-11(12)13-15-9-10-16(13)4/h5-10H,1-4H3. The van der Waals surface area contributed by atoms with E-state index in [9.17, 15) is 0 Å². The summed E-state index contributed by atoms with van der Waals surface area (Å²) < 4.78 is 2.06. The first-order chi connectivity index (χ1) is 7.50. The van der Waals surface area contributed by atoms with Gasteiger partial charge >= 0.3 is 0 Å². The maximum Gasteiger partial charge on any atom is 0.139 e. The van der Waals surface area contributed by atoms with Crippen LogP contribution in [0.25, 0.3) is 11.4 Å². The van der Waals surface area contributed by atoms with E-state index < -0.39 is 0 Å². The Morgan fingerprint density at radius 1 is 1.12 bits per heavy atom. The molecule has 2 rings (SSSR count). The van der Waals surface area contributed by atoms with Crippen molar-refractivity contribution in [3.63, 3.8) is 0 Å². The van der Waals surface area contributed by atoms with E-state index in [0.717, 1.165) is 5.82 Å². The predicted octanol–water partition coefficient (Wildman–Crippen LogP) is 3.38. The van der Waals surface area contributed by atoms with Crippen LogP contribution in [0.1, 0.15) is 26.3 Å². The molecule has 2 heteroatoms. The predicted molar refractivity (Wildman–Crippen MR) is 67.3 cm³/mol. The number of aromatic nitrogens is 2. The van der Waals surface area contributed by atoms with Crippen molar-refractivity contribution in [3.05, 3.63) is 42.2 Å². The summed E-state index contributed by atoms with van der Waals surface area (Å²) in [4.78, 5) is 4.42. The van der Waals surface area contributed by atoms with Crippen LogP contribution in [0.3, 0.4) is 0 Å². The van der Waals surface area contributed by atoms with E-state index in [1.165, 1.54) is 11.1 Å². The molecule has 16 heavy (non-hydrogen) atoms. The largest absolute Gasteiger partial charge is 0.334 e. The van der Waals surface area contributed by atoms with Crippen LogP contribution in [0.2, 0.25) is 0 Å². The Balaban J connectivity index is 2.62. The summed E-state index contributed by atoms with van der Waals surface area (Å²) in [6.45, 7) is 6.69. The van der Waals surface area contributed by atoms with E-state index in [2.05, 4.69) is 54.6 Å². The second-order valence-electron chi connectivity index (χ2n) is 5.16. The van der Waals surface area contributed by atoms with Gasteiger partial charge in [-0.3, -0.25) is 0 Å². The molecule has 0 N–H and O–H groups in total. The third-order valence-corrected chi connectivity index (χ3v) is 2.80. The second kappa shape index (κ2) is 3.78. The first-order valence-corrected chi connectivity index (χ1v) is 5.57. The van der Waals surface area contributed by atoms with Gasteiger partial charge in [0.2, 0.25) is 0 Å². The smallest absolute Gasteiger partial charge is 0.139 e. The van der Waals surface area contributed by atoms with Crippen molar-refractivity contribution >= 4 is 0 Å². The second-order valence-corrected chi connectivity index (χ2v) is 5.16. The molecule has 0 unspecified atom stereocenters. The normalized spacial score (nSPS) is 11.8. The molecule has 0 fully saturated rings. The molecular weight excluding hydrogens is 196 g/mol. The Bertz CT molecular complexity index is 489. The highest BCUT2D eigenvalue weighted by Gasteiger charge is 2.19. The average molecular weight is 214 g/mol. The molecule has 0 spiro atoms. The zero-order valence-electron chi connectivity index (χ0n) is 10.4. The van der Waals surface area contributed by atoms with E-state index in [-0.39, 0.29) is 5.41 Å². The molecule has 0 atom stereocenters. The molecule has 0 saturated heterocycles. The van der Waals surface area contributed by atoms with Crippen molar-refractivity contribution in [2.75, 3.05) is 0 Å². The van der Waals surface area contributed by atoms with E-state index in [0.29, 0.717) is 0 Å². The van der Waals surface area contributed by atoms with Gasteiger partial charge in [0.1, 0.15) is 5.82 Å². The van der Waals surface area contributed by atoms with Crippen LogP contribution < -0.4 is 0 Å². The molecule has 1 heterocycles. The summed E-state index contributed by atoms with van der Waals surface area (Å²) in [5, 5.41) is 0. The molecule has 0 aliphatic rings. The van der Waals surface area contributed by atoms with Crippen LogP contribution in [0.4, 0.5) is 0 Å². The summed E-state index contributed by atoms with van der Waals surface area (Å²) in [5.41, 5.74) is 2.70. The van der Waals surface area contributed by atoms with Crippen LogP contribution in [0.5, 0.6) is 0 Å². The Hall–Kier alpha value is -1.57. The van der Waals surface area contributed by atoms with Crippen LogP contribution in [0, 0.1) is 0 Å². The zero-order valence-corrected chi connectivity index (χ0v) is 10.4. The lowest BCUT2D eigenvalue weighted by Gasteiger charge is -2.22. The first-order valence-electron chi connectivity index (χ1n) is 5.57. The Morgan fingerprint density at radius 2 is 1.81 bits per heavy atom. The fourth-order valence-electron chi connectivity index (χ4n) is 1.96. The minimum Gasteiger partial charge on any atom is -0.334 e. The highest BCUT2D eigenvalue weighted by molar-refractivity contribution is 5.62. The molecular formula is C14H18N2. The molecule has 1 aromatic carbocycles. The van der Waals surface area contributed by atoms with Crippen molar-refractivity contribution < 1.29 is 0 Å². The number of benzene rings is 1. The van der Waals surface area contributed by atoms with Gasteiger partial charge in [-0.25, -0.2) is 4.98 Å². The van der Waals surface area contributed by atoms with Gasteiger partial charge in [0.25, 0.3) is 0 Å². The number of nitrogens with zero attached hydrogens (tertiary/aromatic N) is 2. The van der Waals surface area contributed by atoms with Crippen molar-refractivity contribution in [2.24, 2.45) is 7.05 Å². The topological polar surface area (TPSA) is 17.8 Å². The number of imidazole rings is 1. The lowest BCUT2D eigenvalue weighted by molar-refractivity contribution is 0.591. The van der Waals surface area contributed by atoms with Gasteiger partial charge < -0.3 is 4.57 Å². The fourth-order valence-corrected chi connectivity index (χ4v) is 1.96. The fraction of sp³-hybridized carbons (Fsp3) is 0.357. The molecule has 0 aliphatic carbocycles. The molecule has 1 aromatic heterocycles. The van der Waals surface area contributed by atoms with Gasteiger partial charge in [0, 0.05) is 25.0 Å². The lowest BCUT2D eigenvalue weighted by Crippen LogP contribution is -2.13. The minimum atomic E-state index is 0.141. The molecule has 2 nitrogen and oxygen atoms in total. The monoisotopic (exact) mass is 214 g/mol. The van der Waals surface area contributed by atoms with Crippen molar-refractivity contribution in [1.29, 1.82) is 0 Å². The minimum absolute atomic E-state index is 0.141. The van der Waals surface area contributed by atoms with Gasteiger partial charge in [0.15, 0.2) is 0 Å². The molecule has 0 saturated carbocycles. The quantitative estimate of drug-likeness (QED) is 0.711. The third-order valence-electron chi connectivity index (χ3n) is 2.80. The average Bonchev–Trinajstić information content (AvgIpc) is 2.63. The van der Waals surface area contributed by atoms with E-state index in [4.69, 9.17) is 0 Å². The summed E-state index contributed by atoms with van der Waals surface area (Å²) in [6, 6.07) is 8.49. The van der Waals surface area contributed by atoms with Crippen molar-refractivity contribution in [3.8, 4) is 11.4 Å². The molecule has 84 valence electrons. The first kappa shape index (κ1) is 10.9. The maximum absolute atomic E-state index is 4.42. The number of hydrogen-bond donors (Lipinski definition) is 0. The Kier molecular flexibility index (Phi) is 2.58. The summed E-state index contributed by atoms with van der Waals surface area (Å²) >= 11 is 0. The highest BCUT2D eigenvalue weighted by atomic mass is 15.0. The molecule has 0 bridgehead atoms.